The molecule has 0 saturated heterocycles. The molecular weight excluding hydrogens is 376 g/mol. The summed E-state index contributed by atoms with van der Waals surface area (Å²) in [5, 5.41) is 10.5. The number of furan rings is 1. The third kappa shape index (κ3) is 4.16. The summed E-state index contributed by atoms with van der Waals surface area (Å²) in [4.78, 5) is 24.8. The van der Waals surface area contributed by atoms with Gasteiger partial charge in [0.2, 0.25) is 0 Å². The van der Waals surface area contributed by atoms with Crippen LogP contribution in [0.5, 0.6) is 0 Å². The third-order valence-corrected chi connectivity index (χ3v) is 5.72. The summed E-state index contributed by atoms with van der Waals surface area (Å²) >= 11 is 0. The van der Waals surface area contributed by atoms with Crippen LogP contribution in [-0.4, -0.2) is 43.0 Å². The van der Waals surface area contributed by atoms with Gasteiger partial charge in [-0.15, -0.1) is 0 Å². The average molecular weight is 404 g/mol. The second-order valence-electron chi connectivity index (χ2n) is 8.02. The molecule has 1 aromatic rings. The van der Waals surface area contributed by atoms with Crippen molar-refractivity contribution in [2.75, 3.05) is 14.2 Å². The summed E-state index contributed by atoms with van der Waals surface area (Å²) < 4.78 is 22.2. The summed E-state index contributed by atoms with van der Waals surface area (Å²) in [5.41, 5.74) is 0.528. The highest BCUT2D eigenvalue weighted by Gasteiger charge is 2.46. The van der Waals surface area contributed by atoms with Gasteiger partial charge in [0.1, 0.15) is 17.1 Å². The molecule has 2 aliphatic heterocycles. The number of aliphatic hydroxyl groups excluding tert-OH is 1. The Morgan fingerprint density at radius 2 is 2.03 bits per heavy atom. The van der Waals surface area contributed by atoms with Crippen LogP contribution in [0.1, 0.15) is 61.1 Å². The van der Waals surface area contributed by atoms with Crippen LogP contribution in [0.4, 0.5) is 0 Å². The van der Waals surface area contributed by atoms with Crippen molar-refractivity contribution in [1.29, 1.82) is 0 Å². The summed E-state index contributed by atoms with van der Waals surface area (Å²) in [7, 11) is 2.80. The van der Waals surface area contributed by atoms with Gasteiger partial charge in [0.25, 0.3) is 0 Å². The van der Waals surface area contributed by atoms with E-state index in [-0.39, 0.29) is 12.3 Å². The summed E-state index contributed by atoms with van der Waals surface area (Å²) in [5.74, 6) is -0.157. The van der Waals surface area contributed by atoms with E-state index in [1.807, 2.05) is 6.92 Å². The molecule has 0 amide bonds. The number of carbonyl (C=O) groups is 2. The van der Waals surface area contributed by atoms with E-state index in [1.165, 1.54) is 14.2 Å². The molecule has 29 heavy (non-hydrogen) atoms. The molecule has 0 aromatic carbocycles. The fourth-order valence-electron chi connectivity index (χ4n) is 4.11. The van der Waals surface area contributed by atoms with Crippen molar-refractivity contribution in [2.24, 2.45) is 5.92 Å². The molecule has 0 fully saturated rings. The molecule has 0 saturated carbocycles. The molecule has 4 atom stereocenters. The number of allylic oxidation sites excluding steroid dienone is 1. The number of ether oxygens (including phenoxy) is 3. The zero-order chi connectivity index (χ0) is 21.3. The molecule has 7 nitrogen and oxygen atoms in total. The minimum Gasteiger partial charge on any atom is -0.465 e. The Kier molecular flexibility index (Phi) is 6.00. The molecule has 0 radical (unpaired) electrons. The van der Waals surface area contributed by atoms with Crippen molar-refractivity contribution in [3.8, 4) is 0 Å². The SMILES string of the molecule is C=C(C)C1CCC(O)CC2=C[C@@](C)(OC2=O)[C@@H](OC)c2cc(C(=O)OC)c(o2)C1. The second kappa shape index (κ2) is 8.16. The lowest BCUT2D eigenvalue weighted by Crippen LogP contribution is -2.33. The van der Waals surface area contributed by atoms with Crippen molar-refractivity contribution >= 4 is 11.9 Å². The van der Waals surface area contributed by atoms with Gasteiger partial charge in [0.15, 0.2) is 11.7 Å². The van der Waals surface area contributed by atoms with Crippen molar-refractivity contribution in [3.05, 3.63) is 47.0 Å². The number of aliphatic hydroxyl groups is 1. The Morgan fingerprint density at radius 3 is 2.66 bits per heavy atom. The molecule has 0 spiro atoms. The quantitative estimate of drug-likeness (QED) is 0.610. The summed E-state index contributed by atoms with van der Waals surface area (Å²) in [6, 6.07) is 1.59. The normalized spacial score (nSPS) is 29.8. The first kappa shape index (κ1) is 21.3. The Hall–Kier alpha value is -2.38. The fraction of sp³-hybridized carbons (Fsp3) is 0.545. The van der Waals surface area contributed by atoms with Crippen LogP contribution in [0.3, 0.4) is 0 Å². The minimum atomic E-state index is -1.12. The molecule has 3 rings (SSSR count). The highest BCUT2D eigenvalue weighted by molar-refractivity contribution is 5.92. The van der Waals surface area contributed by atoms with E-state index in [9.17, 15) is 14.7 Å². The Bertz CT molecular complexity index is 849. The zero-order valence-electron chi connectivity index (χ0n) is 17.3. The lowest BCUT2D eigenvalue weighted by molar-refractivity contribution is -0.157. The van der Waals surface area contributed by atoms with Crippen LogP contribution in [0.25, 0.3) is 0 Å². The standard InChI is InChI=1S/C22H28O7/c1-12(2)13-6-7-15(23)8-14-11-22(3,29-20(14)24)19(26-4)18-10-16(21(25)27-5)17(9-13)28-18/h10-11,13,15,19,23H,1,6-9H2,2-5H3/t13?,15?,19-,22+/m0/s1. The fourth-order valence-corrected chi connectivity index (χ4v) is 4.11. The predicted octanol–water partition coefficient (Wildman–Crippen LogP) is 3.28. The second-order valence-corrected chi connectivity index (χ2v) is 8.02. The molecule has 0 aliphatic carbocycles. The number of hydrogen-bond donors (Lipinski definition) is 1. The van der Waals surface area contributed by atoms with Crippen molar-refractivity contribution in [2.45, 2.75) is 57.3 Å². The third-order valence-electron chi connectivity index (χ3n) is 5.72. The van der Waals surface area contributed by atoms with Gasteiger partial charge in [-0.25, -0.2) is 9.59 Å². The maximum atomic E-state index is 12.4. The van der Waals surface area contributed by atoms with Gasteiger partial charge in [0.05, 0.1) is 13.2 Å². The van der Waals surface area contributed by atoms with Gasteiger partial charge in [-0.1, -0.05) is 12.2 Å². The topological polar surface area (TPSA) is 95.2 Å². The maximum absolute atomic E-state index is 12.4. The molecular formula is C22H28O7. The lowest BCUT2D eigenvalue weighted by atomic mass is 9.88. The highest BCUT2D eigenvalue weighted by atomic mass is 16.6. The average Bonchev–Trinajstić information content (AvgIpc) is 3.18. The highest BCUT2D eigenvalue weighted by Crippen LogP contribution is 2.42. The first-order valence-electron chi connectivity index (χ1n) is 9.70. The van der Waals surface area contributed by atoms with E-state index < -0.39 is 29.7 Å². The first-order chi connectivity index (χ1) is 13.7. The molecule has 1 aromatic heterocycles. The monoisotopic (exact) mass is 404 g/mol. The van der Waals surface area contributed by atoms with E-state index in [1.54, 1.807) is 19.1 Å². The molecule has 3 heterocycles. The van der Waals surface area contributed by atoms with E-state index in [0.717, 1.165) is 5.57 Å². The number of methoxy groups -OCH3 is 2. The lowest BCUT2D eigenvalue weighted by Gasteiger charge is -2.28. The van der Waals surface area contributed by atoms with Crippen molar-refractivity contribution in [1.82, 2.24) is 0 Å². The molecule has 7 heteroatoms. The number of hydrogen-bond acceptors (Lipinski definition) is 7. The molecule has 4 bridgehead atoms. The van der Waals surface area contributed by atoms with Gasteiger partial charge < -0.3 is 23.7 Å². The Labute approximate surface area is 170 Å². The van der Waals surface area contributed by atoms with E-state index >= 15 is 0 Å². The Balaban J connectivity index is 2.13. The number of carbonyl (C=O) groups excluding carboxylic acids is 2. The molecule has 2 unspecified atom stereocenters. The number of fused-ring (bicyclic) bond motifs is 3. The molecule has 158 valence electrons. The van der Waals surface area contributed by atoms with E-state index in [4.69, 9.17) is 18.6 Å². The first-order valence-corrected chi connectivity index (χ1v) is 9.70. The number of esters is 2. The molecule has 1 N–H and O–H groups in total. The van der Waals surface area contributed by atoms with Gasteiger partial charge in [-0.3, -0.25) is 0 Å². The van der Waals surface area contributed by atoms with Crippen LogP contribution in [-0.2, 0) is 25.4 Å². The van der Waals surface area contributed by atoms with E-state index in [2.05, 4.69) is 6.58 Å². The van der Waals surface area contributed by atoms with Crippen molar-refractivity contribution < 1.29 is 33.3 Å². The van der Waals surface area contributed by atoms with Crippen LogP contribution in [0, 0.1) is 5.92 Å². The van der Waals surface area contributed by atoms with Crippen molar-refractivity contribution in [3.63, 3.8) is 0 Å². The smallest absolute Gasteiger partial charge is 0.341 e. The van der Waals surface area contributed by atoms with Gasteiger partial charge in [-0.05, 0) is 44.7 Å². The maximum Gasteiger partial charge on any atom is 0.341 e. The molecule has 2 aliphatic rings. The Morgan fingerprint density at radius 1 is 1.31 bits per heavy atom. The zero-order valence-corrected chi connectivity index (χ0v) is 17.3. The van der Waals surface area contributed by atoms with Crippen LogP contribution in [0.15, 0.2) is 34.3 Å². The van der Waals surface area contributed by atoms with Crippen LogP contribution < -0.4 is 0 Å². The van der Waals surface area contributed by atoms with Crippen LogP contribution >= 0.6 is 0 Å². The van der Waals surface area contributed by atoms with Gasteiger partial charge >= 0.3 is 11.9 Å². The predicted molar refractivity (Wildman–Crippen MR) is 104 cm³/mol. The number of rotatable bonds is 3. The largest absolute Gasteiger partial charge is 0.465 e. The van der Waals surface area contributed by atoms with Crippen LogP contribution in [0.2, 0.25) is 0 Å². The van der Waals surface area contributed by atoms with Gasteiger partial charge in [-0.2, -0.15) is 0 Å². The summed E-state index contributed by atoms with van der Waals surface area (Å²) in [6.07, 6.45) is 2.01. The van der Waals surface area contributed by atoms with E-state index in [0.29, 0.717) is 41.9 Å². The minimum absolute atomic E-state index is 0.00232. The summed E-state index contributed by atoms with van der Waals surface area (Å²) in [6.45, 7) is 7.68. The van der Waals surface area contributed by atoms with Gasteiger partial charge in [0, 0.05) is 25.5 Å².